The first-order valence-electron chi connectivity index (χ1n) is 6.83. The van der Waals surface area contributed by atoms with E-state index in [0.717, 1.165) is 32.6 Å². The summed E-state index contributed by atoms with van der Waals surface area (Å²) in [7, 11) is 0. The topological polar surface area (TPSA) is 58.3 Å². The van der Waals surface area contributed by atoms with Gasteiger partial charge in [0.1, 0.15) is 6.33 Å². The second-order valence-electron chi connectivity index (χ2n) is 4.92. The number of hydrogen-bond donors (Lipinski definition) is 1. The van der Waals surface area contributed by atoms with Crippen molar-refractivity contribution in [3.05, 3.63) is 17.8 Å². The number of rotatable bonds is 4. The summed E-state index contributed by atoms with van der Waals surface area (Å²) in [5.74, 6) is 0.120. The Bertz CT molecular complexity index is 413. The summed E-state index contributed by atoms with van der Waals surface area (Å²) in [6.45, 7) is 7.86. The number of hydrogen-bond acceptors (Lipinski definition) is 5. The summed E-state index contributed by atoms with van der Waals surface area (Å²) in [5.41, 5.74) is 6.17. The minimum absolute atomic E-state index is 0.304. The number of piperazine rings is 1. The number of halogens is 1. The molecule has 0 saturated carbocycles. The van der Waals surface area contributed by atoms with Gasteiger partial charge in [-0.3, -0.25) is 4.90 Å². The van der Waals surface area contributed by atoms with Crippen LogP contribution in [0.4, 0.5) is 10.2 Å². The second kappa shape index (κ2) is 6.25. The highest BCUT2D eigenvalue weighted by molar-refractivity contribution is 5.41. The van der Waals surface area contributed by atoms with E-state index in [9.17, 15) is 4.39 Å². The molecule has 0 amide bonds. The maximum absolute atomic E-state index is 14.0. The van der Waals surface area contributed by atoms with Gasteiger partial charge in [0.25, 0.3) is 0 Å². The molecule has 0 aromatic carbocycles. The van der Waals surface area contributed by atoms with Gasteiger partial charge in [0, 0.05) is 38.8 Å². The maximum atomic E-state index is 14.0. The first-order chi connectivity index (χ1) is 9.17. The number of aromatic nitrogens is 2. The van der Waals surface area contributed by atoms with Crippen LogP contribution in [0.5, 0.6) is 0 Å². The Balaban J connectivity index is 2.02. The van der Waals surface area contributed by atoms with Crippen LogP contribution in [0, 0.1) is 12.7 Å². The fraction of sp³-hybridized carbons (Fsp3) is 0.692. The SMILES string of the molecule is CCC(CN)N1CCN(c2ncnc(C)c2F)CC1. The second-order valence-corrected chi connectivity index (χ2v) is 4.92. The van der Waals surface area contributed by atoms with Crippen molar-refractivity contribution in [2.24, 2.45) is 5.73 Å². The van der Waals surface area contributed by atoms with Crippen molar-refractivity contribution in [2.45, 2.75) is 26.3 Å². The molecule has 1 unspecified atom stereocenters. The van der Waals surface area contributed by atoms with Crippen molar-refractivity contribution in [3.63, 3.8) is 0 Å². The molecule has 2 heterocycles. The molecule has 1 aliphatic heterocycles. The molecule has 1 atom stereocenters. The van der Waals surface area contributed by atoms with Gasteiger partial charge in [0.15, 0.2) is 11.6 Å². The maximum Gasteiger partial charge on any atom is 0.186 e. The standard InChI is InChI=1S/C13H22FN5/c1-3-11(8-15)18-4-6-19(7-5-18)13-12(14)10(2)16-9-17-13/h9,11H,3-8,15H2,1-2H3. The summed E-state index contributed by atoms with van der Waals surface area (Å²) in [5, 5.41) is 0. The third-order valence-corrected chi connectivity index (χ3v) is 3.82. The Morgan fingerprint density at radius 2 is 2.00 bits per heavy atom. The van der Waals surface area contributed by atoms with E-state index in [1.807, 2.05) is 4.90 Å². The van der Waals surface area contributed by atoms with Crippen LogP contribution in [-0.4, -0.2) is 53.6 Å². The van der Waals surface area contributed by atoms with Gasteiger partial charge >= 0.3 is 0 Å². The Morgan fingerprint density at radius 3 is 2.58 bits per heavy atom. The Kier molecular flexibility index (Phi) is 4.66. The van der Waals surface area contributed by atoms with E-state index in [1.54, 1.807) is 6.92 Å². The normalized spacial score (nSPS) is 18.6. The lowest BCUT2D eigenvalue weighted by atomic mass is 10.1. The molecule has 1 saturated heterocycles. The van der Waals surface area contributed by atoms with Crippen LogP contribution in [0.2, 0.25) is 0 Å². The van der Waals surface area contributed by atoms with Gasteiger partial charge < -0.3 is 10.6 Å². The van der Waals surface area contributed by atoms with Gasteiger partial charge in [-0.15, -0.1) is 0 Å². The molecule has 5 nitrogen and oxygen atoms in total. The van der Waals surface area contributed by atoms with E-state index in [2.05, 4.69) is 21.8 Å². The van der Waals surface area contributed by atoms with Gasteiger partial charge in [-0.2, -0.15) is 0 Å². The molecule has 0 radical (unpaired) electrons. The zero-order chi connectivity index (χ0) is 13.8. The highest BCUT2D eigenvalue weighted by Crippen LogP contribution is 2.19. The zero-order valence-corrected chi connectivity index (χ0v) is 11.6. The predicted molar refractivity (Wildman–Crippen MR) is 73.6 cm³/mol. The van der Waals surface area contributed by atoms with Crippen LogP contribution >= 0.6 is 0 Å². The molecule has 2 N–H and O–H groups in total. The van der Waals surface area contributed by atoms with E-state index in [1.165, 1.54) is 6.33 Å². The van der Waals surface area contributed by atoms with E-state index in [0.29, 0.717) is 24.1 Å². The van der Waals surface area contributed by atoms with Gasteiger partial charge in [-0.05, 0) is 13.3 Å². The smallest absolute Gasteiger partial charge is 0.186 e. The van der Waals surface area contributed by atoms with Crippen molar-refractivity contribution in [2.75, 3.05) is 37.6 Å². The van der Waals surface area contributed by atoms with Crippen molar-refractivity contribution in [1.82, 2.24) is 14.9 Å². The summed E-state index contributed by atoms with van der Waals surface area (Å²) in [6.07, 6.45) is 2.48. The summed E-state index contributed by atoms with van der Waals surface area (Å²) >= 11 is 0. The Hall–Kier alpha value is -1.27. The minimum atomic E-state index is -0.304. The zero-order valence-electron chi connectivity index (χ0n) is 11.6. The van der Waals surface area contributed by atoms with Crippen LogP contribution in [0.3, 0.4) is 0 Å². The first kappa shape index (κ1) is 14.1. The molecule has 106 valence electrons. The quantitative estimate of drug-likeness (QED) is 0.874. The third-order valence-electron chi connectivity index (χ3n) is 3.82. The van der Waals surface area contributed by atoms with Crippen LogP contribution in [-0.2, 0) is 0 Å². The first-order valence-corrected chi connectivity index (χ1v) is 6.83. The van der Waals surface area contributed by atoms with Crippen molar-refractivity contribution >= 4 is 5.82 Å². The van der Waals surface area contributed by atoms with Gasteiger partial charge in [-0.25, -0.2) is 14.4 Å². The number of nitrogens with zero attached hydrogens (tertiary/aromatic N) is 4. The van der Waals surface area contributed by atoms with E-state index < -0.39 is 0 Å². The average molecular weight is 267 g/mol. The monoisotopic (exact) mass is 267 g/mol. The van der Waals surface area contributed by atoms with Crippen LogP contribution in [0.1, 0.15) is 19.0 Å². The predicted octanol–water partition coefficient (Wildman–Crippen LogP) is 0.783. The van der Waals surface area contributed by atoms with Crippen LogP contribution in [0.25, 0.3) is 0 Å². The van der Waals surface area contributed by atoms with Gasteiger partial charge in [0.05, 0.1) is 5.69 Å². The third kappa shape index (κ3) is 3.01. The highest BCUT2D eigenvalue weighted by Gasteiger charge is 2.24. The number of nitrogens with two attached hydrogens (primary N) is 1. The van der Waals surface area contributed by atoms with Crippen molar-refractivity contribution in [3.8, 4) is 0 Å². The molecule has 0 bridgehead atoms. The van der Waals surface area contributed by atoms with Crippen molar-refractivity contribution in [1.29, 1.82) is 0 Å². The van der Waals surface area contributed by atoms with Gasteiger partial charge in [-0.1, -0.05) is 6.92 Å². The summed E-state index contributed by atoms with van der Waals surface area (Å²) in [4.78, 5) is 12.3. The number of anilines is 1. The fourth-order valence-electron chi connectivity index (χ4n) is 2.54. The molecule has 1 aromatic heterocycles. The van der Waals surface area contributed by atoms with Crippen LogP contribution < -0.4 is 10.6 Å². The molecule has 19 heavy (non-hydrogen) atoms. The van der Waals surface area contributed by atoms with Gasteiger partial charge in [0.2, 0.25) is 0 Å². The molecule has 0 aliphatic carbocycles. The lowest BCUT2D eigenvalue weighted by Crippen LogP contribution is -2.52. The lowest BCUT2D eigenvalue weighted by Gasteiger charge is -2.39. The number of aryl methyl sites for hydroxylation is 1. The largest absolute Gasteiger partial charge is 0.352 e. The van der Waals surface area contributed by atoms with Crippen molar-refractivity contribution < 1.29 is 4.39 Å². The molecule has 1 fully saturated rings. The van der Waals surface area contributed by atoms with Crippen LogP contribution in [0.15, 0.2) is 6.33 Å². The van der Waals surface area contributed by atoms with E-state index >= 15 is 0 Å². The molecule has 0 spiro atoms. The minimum Gasteiger partial charge on any atom is -0.352 e. The van der Waals surface area contributed by atoms with E-state index in [4.69, 9.17) is 5.73 Å². The van der Waals surface area contributed by atoms with E-state index in [-0.39, 0.29) is 5.82 Å². The summed E-state index contributed by atoms with van der Waals surface area (Å²) in [6, 6.07) is 0.430. The molecule has 6 heteroatoms. The Labute approximate surface area is 113 Å². The molecular formula is C13H22FN5. The highest BCUT2D eigenvalue weighted by atomic mass is 19.1. The lowest BCUT2D eigenvalue weighted by molar-refractivity contribution is 0.184. The molecule has 2 rings (SSSR count). The fourth-order valence-corrected chi connectivity index (χ4v) is 2.54. The molecular weight excluding hydrogens is 245 g/mol. The average Bonchev–Trinajstić information content (AvgIpc) is 2.44. The summed E-state index contributed by atoms with van der Waals surface area (Å²) < 4.78 is 14.0. The molecule has 1 aromatic rings. The Morgan fingerprint density at radius 1 is 1.32 bits per heavy atom. The molecule has 1 aliphatic rings.